The summed E-state index contributed by atoms with van der Waals surface area (Å²) in [5, 5.41) is 4.92. The van der Waals surface area contributed by atoms with Gasteiger partial charge in [0.25, 0.3) is 0 Å². The van der Waals surface area contributed by atoms with Crippen molar-refractivity contribution >= 4 is 81.5 Å². The van der Waals surface area contributed by atoms with Gasteiger partial charge < -0.3 is 9.80 Å². The van der Waals surface area contributed by atoms with Crippen molar-refractivity contribution in [3.05, 3.63) is 332 Å². The van der Waals surface area contributed by atoms with Crippen LogP contribution in [0.15, 0.2) is 265 Å². The molecule has 11 aromatic carbocycles. The topological polar surface area (TPSA) is 6.48 Å². The third-order valence-corrected chi connectivity index (χ3v) is 18.4. The number of anilines is 2. The first-order chi connectivity index (χ1) is 41.3. The van der Waals surface area contributed by atoms with Crippen LogP contribution in [0.25, 0.3) is 92.4 Å². The highest BCUT2D eigenvalue weighted by Gasteiger charge is 2.35. The Hall–Kier alpha value is -10.0. The lowest BCUT2D eigenvalue weighted by atomic mass is 9.84. The Morgan fingerprint density at radius 1 is 0.262 bits per heavy atom. The molecule has 0 N–H and O–H groups in total. The van der Waals surface area contributed by atoms with Gasteiger partial charge in [0.05, 0.1) is 0 Å². The molecule has 2 nitrogen and oxygen atoms in total. The Labute approximate surface area is 494 Å². The van der Waals surface area contributed by atoms with Gasteiger partial charge in [-0.05, 0) is 171 Å². The van der Waals surface area contributed by atoms with E-state index >= 15 is 0 Å². The predicted molar refractivity (Wildman–Crippen MR) is 359 cm³/mol. The monoisotopic (exact) mass is 1080 g/mol. The molecule has 0 spiro atoms. The number of fused-ring (bicyclic) bond motifs is 7. The molecule has 2 heteroatoms. The largest absolute Gasteiger partial charge is 0.317 e. The van der Waals surface area contributed by atoms with Crippen molar-refractivity contribution < 1.29 is 0 Å². The summed E-state index contributed by atoms with van der Waals surface area (Å²) in [5.74, 6) is 1.06. The fraction of sp³-hybridized carbons (Fsp3) is 0.0976. The van der Waals surface area contributed by atoms with Crippen LogP contribution in [-0.4, -0.2) is 0 Å². The Balaban J connectivity index is 0.784. The minimum Gasteiger partial charge on any atom is -0.317 e. The van der Waals surface area contributed by atoms with Crippen LogP contribution in [-0.2, 0) is 0 Å². The van der Waals surface area contributed by atoms with Crippen molar-refractivity contribution in [3.63, 3.8) is 0 Å². The Bertz CT molecular complexity index is 4160. The summed E-state index contributed by atoms with van der Waals surface area (Å²) in [6.07, 6.45) is 18.7. The SMILES string of the molecule is CC1C(N(C2=Cc3ccccc3C2C)c2ccc(/C=C/c3ccc4c(-c5ccccc5)c(-c5ccccc5)c5ccc(/C=C/c6ccc(N(C7=Cc8ccccc8C7C)C7=Cc8ccccc8C7C)cc6)cc5c4c3)cc2)=Cc2ccccc21. The molecular formula is C82H64N2. The Morgan fingerprint density at radius 3 is 0.845 bits per heavy atom. The van der Waals surface area contributed by atoms with E-state index in [0.717, 1.165) is 22.3 Å². The lowest BCUT2D eigenvalue weighted by molar-refractivity contribution is 0.809. The maximum absolute atomic E-state index is 2.53. The summed E-state index contributed by atoms with van der Waals surface area (Å²) in [5.41, 5.74) is 27.9. The van der Waals surface area contributed by atoms with Gasteiger partial charge in [-0.25, -0.2) is 0 Å². The van der Waals surface area contributed by atoms with Crippen molar-refractivity contribution in [3.8, 4) is 22.3 Å². The molecule has 11 aromatic rings. The van der Waals surface area contributed by atoms with E-state index in [1.54, 1.807) is 0 Å². The second-order valence-corrected chi connectivity index (χ2v) is 23.3. The molecular weight excluding hydrogens is 1010 g/mol. The molecule has 0 saturated heterocycles. The molecule has 4 atom stereocenters. The van der Waals surface area contributed by atoms with Crippen LogP contribution < -0.4 is 9.80 Å². The van der Waals surface area contributed by atoms with Gasteiger partial charge in [-0.1, -0.05) is 258 Å². The van der Waals surface area contributed by atoms with Crippen LogP contribution in [0.1, 0.15) is 118 Å². The molecule has 4 aliphatic rings. The molecule has 402 valence electrons. The predicted octanol–water partition coefficient (Wildman–Crippen LogP) is 21.9. The third-order valence-electron chi connectivity index (χ3n) is 18.4. The van der Waals surface area contributed by atoms with Crippen molar-refractivity contribution in [2.75, 3.05) is 9.80 Å². The summed E-state index contributed by atoms with van der Waals surface area (Å²) in [4.78, 5) is 5.06. The summed E-state index contributed by atoms with van der Waals surface area (Å²) in [7, 11) is 0. The highest BCUT2D eigenvalue weighted by atomic mass is 15.2. The van der Waals surface area contributed by atoms with Crippen LogP contribution in [0.3, 0.4) is 0 Å². The van der Waals surface area contributed by atoms with Crippen LogP contribution in [0.5, 0.6) is 0 Å². The van der Waals surface area contributed by atoms with E-state index in [2.05, 4.69) is 329 Å². The molecule has 0 aliphatic heterocycles. The first-order valence-electron chi connectivity index (χ1n) is 29.8. The highest BCUT2D eigenvalue weighted by Crippen LogP contribution is 2.50. The minimum atomic E-state index is 0.265. The molecule has 4 unspecified atom stereocenters. The first-order valence-corrected chi connectivity index (χ1v) is 29.8. The molecule has 0 saturated carbocycles. The van der Waals surface area contributed by atoms with E-state index in [9.17, 15) is 0 Å². The second-order valence-electron chi connectivity index (χ2n) is 23.3. The van der Waals surface area contributed by atoms with E-state index in [1.807, 2.05) is 0 Å². The first kappa shape index (κ1) is 50.9. The zero-order valence-corrected chi connectivity index (χ0v) is 47.9. The van der Waals surface area contributed by atoms with Crippen molar-refractivity contribution in [2.45, 2.75) is 51.4 Å². The average Bonchev–Trinajstić information content (AvgIpc) is 1.79. The van der Waals surface area contributed by atoms with Gasteiger partial charge in [-0.2, -0.15) is 0 Å². The van der Waals surface area contributed by atoms with Gasteiger partial charge in [0, 0.05) is 57.8 Å². The minimum absolute atomic E-state index is 0.265. The second kappa shape index (κ2) is 21.1. The summed E-state index contributed by atoms with van der Waals surface area (Å²) in [6.45, 7) is 9.39. The van der Waals surface area contributed by atoms with Crippen LogP contribution >= 0.6 is 0 Å². The van der Waals surface area contributed by atoms with Crippen molar-refractivity contribution in [1.82, 2.24) is 0 Å². The fourth-order valence-electron chi connectivity index (χ4n) is 14.0. The van der Waals surface area contributed by atoms with Gasteiger partial charge in [-0.3, -0.25) is 0 Å². The average molecular weight is 1080 g/mol. The summed E-state index contributed by atoms with van der Waals surface area (Å²) in [6, 6.07) is 89.7. The smallest absolute Gasteiger partial charge is 0.0456 e. The maximum atomic E-state index is 2.53. The van der Waals surface area contributed by atoms with Gasteiger partial charge in [0.2, 0.25) is 0 Å². The quantitative estimate of drug-likeness (QED) is 0.0889. The van der Waals surface area contributed by atoms with E-state index in [4.69, 9.17) is 0 Å². The van der Waals surface area contributed by atoms with E-state index in [-0.39, 0.29) is 23.7 Å². The summed E-state index contributed by atoms with van der Waals surface area (Å²) >= 11 is 0. The highest BCUT2D eigenvalue weighted by molar-refractivity contribution is 6.22. The van der Waals surface area contributed by atoms with Gasteiger partial charge in [0.1, 0.15) is 0 Å². The Morgan fingerprint density at radius 2 is 0.536 bits per heavy atom. The zero-order chi connectivity index (χ0) is 56.4. The van der Waals surface area contributed by atoms with Gasteiger partial charge in [-0.15, -0.1) is 0 Å². The van der Waals surface area contributed by atoms with Gasteiger partial charge >= 0.3 is 0 Å². The molecule has 0 aromatic heterocycles. The molecule has 0 amide bonds. The molecule has 0 radical (unpaired) electrons. The molecule has 0 bridgehead atoms. The molecule has 0 heterocycles. The molecule has 4 aliphatic carbocycles. The molecule has 15 rings (SSSR count). The molecule has 0 fully saturated rings. The lowest BCUT2D eigenvalue weighted by Crippen LogP contribution is -2.25. The third kappa shape index (κ3) is 8.89. The fourth-order valence-corrected chi connectivity index (χ4v) is 14.0. The number of hydrogen-bond acceptors (Lipinski definition) is 2. The normalized spacial score (nSPS) is 17.5. The van der Waals surface area contributed by atoms with E-state index in [1.165, 1.54) is 122 Å². The number of hydrogen-bond donors (Lipinski definition) is 0. The number of allylic oxidation sites excluding steroid dienone is 4. The maximum Gasteiger partial charge on any atom is 0.0456 e. The number of nitrogens with zero attached hydrogens (tertiary/aromatic N) is 2. The van der Waals surface area contributed by atoms with Gasteiger partial charge in [0.15, 0.2) is 0 Å². The van der Waals surface area contributed by atoms with Crippen LogP contribution in [0.4, 0.5) is 11.4 Å². The Kier molecular flexibility index (Phi) is 12.8. The zero-order valence-electron chi connectivity index (χ0n) is 47.9. The molecule has 84 heavy (non-hydrogen) atoms. The van der Waals surface area contributed by atoms with Crippen molar-refractivity contribution in [1.29, 1.82) is 0 Å². The summed E-state index contributed by atoms with van der Waals surface area (Å²) < 4.78 is 0. The van der Waals surface area contributed by atoms with E-state index < -0.39 is 0 Å². The number of rotatable bonds is 12. The van der Waals surface area contributed by atoms with Crippen molar-refractivity contribution in [2.24, 2.45) is 0 Å². The standard InChI is InChI=1S/C82H64N2/c1-53-69-27-15-11-23-63(69)49-77(53)83(78-50-64-24-12-16-28-70(64)54(78)2)67-41-35-57(36-42-67)31-33-59-39-45-73-75(47-59)76-48-60(40-46-74(76)82(62-21-9-6-10-22-62)81(73)61-19-7-5-8-20-61)34-32-58-37-43-68(44-38-58)84(79-51-65-25-13-17-29-71(65)55(79)3)80-52-66-26-14-18-30-72(66)56(80)4/h5-56H,1-4H3/b33-31+,34-32+. The van der Waals surface area contributed by atoms with E-state index in [0.29, 0.717) is 0 Å². The van der Waals surface area contributed by atoms with Crippen LogP contribution in [0, 0.1) is 0 Å². The van der Waals surface area contributed by atoms with Crippen LogP contribution in [0.2, 0.25) is 0 Å². The number of benzene rings is 11. The lowest BCUT2D eigenvalue weighted by Gasteiger charge is -2.33.